The summed E-state index contributed by atoms with van der Waals surface area (Å²) < 4.78 is 0. The van der Waals surface area contributed by atoms with Crippen molar-refractivity contribution in [3.63, 3.8) is 0 Å². The van der Waals surface area contributed by atoms with Crippen LogP contribution < -0.4 is 11.5 Å². The first-order valence-corrected chi connectivity index (χ1v) is 8.30. The lowest BCUT2D eigenvalue weighted by molar-refractivity contribution is -0.117. The van der Waals surface area contributed by atoms with Gasteiger partial charge in [0, 0.05) is 5.75 Å². The van der Waals surface area contributed by atoms with E-state index in [9.17, 15) is 4.79 Å². The standard InChI is InChI=1S/C14H20N4OS2/c1-9(15)21-12(13(16)19)8-11-4-2-10(3-5-11)6-7-20-14(17)18/h2-5,12,15H,6-8H2,1H3,(H2,16,19)(H3,17,18)/t12-/m0/s1. The van der Waals surface area contributed by atoms with Gasteiger partial charge in [0.25, 0.3) is 0 Å². The van der Waals surface area contributed by atoms with Crippen molar-refractivity contribution < 1.29 is 4.79 Å². The Bertz CT molecular complexity index is 516. The number of carbonyl (C=O) groups excluding carboxylic acids is 1. The number of nitrogens with one attached hydrogen (secondary N) is 2. The van der Waals surface area contributed by atoms with Crippen LogP contribution in [0.3, 0.4) is 0 Å². The fraction of sp³-hybridized carbons (Fsp3) is 0.357. The largest absolute Gasteiger partial charge is 0.379 e. The maximum atomic E-state index is 11.4. The van der Waals surface area contributed by atoms with Crippen molar-refractivity contribution in [1.82, 2.24) is 0 Å². The van der Waals surface area contributed by atoms with Crippen molar-refractivity contribution in [2.24, 2.45) is 11.5 Å². The van der Waals surface area contributed by atoms with Crippen LogP contribution in [0.15, 0.2) is 24.3 Å². The first-order valence-electron chi connectivity index (χ1n) is 6.44. The van der Waals surface area contributed by atoms with Gasteiger partial charge in [-0.1, -0.05) is 47.8 Å². The highest BCUT2D eigenvalue weighted by Gasteiger charge is 2.17. The Morgan fingerprint density at radius 3 is 2.24 bits per heavy atom. The van der Waals surface area contributed by atoms with Crippen molar-refractivity contribution in [2.75, 3.05) is 5.75 Å². The molecule has 0 aliphatic heterocycles. The molecule has 114 valence electrons. The van der Waals surface area contributed by atoms with Crippen LogP contribution in [0, 0.1) is 10.8 Å². The molecular weight excluding hydrogens is 304 g/mol. The summed E-state index contributed by atoms with van der Waals surface area (Å²) in [6, 6.07) is 7.97. The molecule has 1 aromatic carbocycles. The smallest absolute Gasteiger partial charge is 0.231 e. The molecule has 1 atom stereocenters. The molecule has 0 fully saturated rings. The summed E-state index contributed by atoms with van der Waals surface area (Å²) in [6.45, 7) is 1.65. The summed E-state index contributed by atoms with van der Waals surface area (Å²) in [4.78, 5) is 11.4. The number of benzene rings is 1. The molecule has 0 saturated heterocycles. The molecule has 0 aromatic heterocycles. The first kappa shape index (κ1) is 17.6. The molecular formula is C14H20N4OS2. The second kappa shape index (κ2) is 8.74. The Kier molecular flexibility index (Phi) is 7.31. The quantitative estimate of drug-likeness (QED) is 0.453. The SMILES string of the molecule is CC(=N)S[C@@H](Cc1ccc(CCSC(=N)N)cc1)C(N)=O. The second-order valence-corrected chi connectivity index (χ2v) is 7.10. The lowest BCUT2D eigenvalue weighted by Gasteiger charge is -2.12. The van der Waals surface area contributed by atoms with Gasteiger partial charge in [-0.25, -0.2) is 0 Å². The van der Waals surface area contributed by atoms with E-state index in [4.69, 9.17) is 22.3 Å². The van der Waals surface area contributed by atoms with Crippen molar-refractivity contribution in [2.45, 2.75) is 25.0 Å². The lowest BCUT2D eigenvalue weighted by atomic mass is 10.1. The van der Waals surface area contributed by atoms with E-state index in [0.29, 0.717) is 11.5 Å². The van der Waals surface area contributed by atoms with Gasteiger partial charge in [0.15, 0.2) is 5.17 Å². The number of nitrogens with two attached hydrogens (primary N) is 2. The third kappa shape index (κ3) is 7.19. The van der Waals surface area contributed by atoms with Gasteiger partial charge in [0.2, 0.25) is 5.91 Å². The van der Waals surface area contributed by atoms with Crippen LogP contribution in [0.2, 0.25) is 0 Å². The molecule has 0 spiro atoms. The highest BCUT2D eigenvalue weighted by atomic mass is 32.2. The number of amidine groups is 1. The zero-order valence-electron chi connectivity index (χ0n) is 11.9. The number of amides is 1. The predicted molar refractivity (Wildman–Crippen MR) is 92.2 cm³/mol. The average Bonchev–Trinajstić information content (AvgIpc) is 2.39. The number of thioether (sulfide) groups is 2. The van der Waals surface area contributed by atoms with E-state index in [1.54, 1.807) is 6.92 Å². The lowest BCUT2D eigenvalue weighted by Crippen LogP contribution is -2.28. The van der Waals surface area contributed by atoms with Crippen LogP contribution in [0.4, 0.5) is 0 Å². The van der Waals surface area contributed by atoms with Crippen LogP contribution in [-0.4, -0.2) is 27.1 Å². The molecule has 0 heterocycles. The summed E-state index contributed by atoms with van der Waals surface area (Å²) in [5.74, 6) is 0.384. The molecule has 0 radical (unpaired) electrons. The van der Waals surface area contributed by atoms with Gasteiger partial charge in [-0.3, -0.25) is 15.6 Å². The van der Waals surface area contributed by atoms with Gasteiger partial charge in [-0.2, -0.15) is 0 Å². The minimum absolute atomic E-state index is 0.134. The molecule has 1 aromatic rings. The van der Waals surface area contributed by atoms with Gasteiger partial charge in [-0.15, -0.1) is 0 Å². The Morgan fingerprint density at radius 2 is 1.76 bits per heavy atom. The van der Waals surface area contributed by atoms with E-state index < -0.39 is 11.2 Å². The zero-order chi connectivity index (χ0) is 15.8. The topological polar surface area (TPSA) is 117 Å². The summed E-state index contributed by atoms with van der Waals surface area (Å²) in [7, 11) is 0. The number of carbonyl (C=O) groups is 1. The second-order valence-electron chi connectivity index (χ2n) is 4.55. The van der Waals surface area contributed by atoms with Crippen molar-refractivity contribution in [1.29, 1.82) is 10.8 Å². The Hall–Kier alpha value is -1.47. The molecule has 1 rings (SSSR count). The number of hydrogen-bond donors (Lipinski definition) is 4. The van der Waals surface area contributed by atoms with Crippen molar-refractivity contribution >= 4 is 39.6 Å². The summed E-state index contributed by atoms with van der Waals surface area (Å²) in [6.07, 6.45) is 1.37. The third-order valence-electron chi connectivity index (χ3n) is 2.73. The number of aryl methyl sites for hydroxylation is 1. The van der Waals surface area contributed by atoms with Crippen molar-refractivity contribution in [3.05, 3.63) is 35.4 Å². The minimum atomic E-state index is -0.401. The van der Waals surface area contributed by atoms with Crippen LogP contribution in [-0.2, 0) is 17.6 Å². The molecule has 0 bridgehead atoms. The molecule has 1 amide bonds. The van der Waals surface area contributed by atoms with Gasteiger partial charge in [0.05, 0.1) is 10.3 Å². The molecule has 6 N–H and O–H groups in total. The van der Waals surface area contributed by atoms with Crippen LogP contribution in [0.25, 0.3) is 0 Å². The van der Waals surface area contributed by atoms with Crippen molar-refractivity contribution in [3.8, 4) is 0 Å². The Labute approximate surface area is 133 Å². The van der Waals surface area contributed by atoms with Gasteiger partial charge < -0.3 is 11.5 Å². The minimum Gasteiger partial charge on any atom is -0.379 e. The molecule has 0 saturated carbocycles. The van der Waals surface area contributed by atoms with E-state index in [1.165, 1.54) is 29.1 Å². The maximum absolute atomic E-state index is 11.4. The Balaban J connectivity index is 2.58. The van der Waals surface area contributed by atoms with E-state index >= 15 is 0 Å². The highest BCUT2D eigenvalue weighted by Crippen LogP contribution is 2.18. The van der Waals surface area contributed by atoms with E-state index in [2.05, 4.69) is 0 Å². The van der Waals surface area contributed by atoms with E-state index in [-0.39, 0.29) is 5.17 Å². The van der Waals surface area contributed by atoms with Gasteiger partial charge >= 0.3 is 0 Å². The van der Waals surface area contributed by atoms with Gasteiger partial charge in [0.1, 0.15) is 0 Å². The Morgan fingerprint density at radius 1 is 1.19 bits per heavy atom. The molecule has 0 unspecified atom stereocenters. The van der Waals surface area contributed by atoms with E-state index in [1.807, 2.05) is 24.3 Å². The molecule has 5 nitrogen and oxygen atoms in total. The number of primary amides is 1. The predicted octanol–water partition coefficient (Wildman–Crippen LogP) is 1.98. The highest BCUT2D eigenvalue weighted by molar-refractivity contribution is 8.14. The normalized spacial score (nSPS) is 11.9. The fourth-order valence-corrected chi connectivity index (χ4v) is 3.13. The number of rotatable bonds is 7. The molecule has 0 aliphatic carbocycles. The van der Waals surface area contributed by atoms with Crippen LogP contribution in [0.5, 0.6) is 0 Å². The molecule has 7 heteroatoms. The first-order chi connectivity index (χ1) is 9.88. The van der Waals surface area contributed by atoms with Gasteiger partial charge in [-0.05, 0) is 30.9 Å². The molecule has 21 heavy (non-hydrogen) atoms. The summed E-state index contributed by atoms with van der Waals surface area (Å²) in [5, 5.41) is 14.7. The third-order valence-corrected chi connectivity index (χ3v) is 4.49. The molecule has 0 aliphatic rings. The average molecular weight is 324 g/mol. The van der Waals surface area contributed by atoms with Crippen LogP contribution in [0.1, 0.15) is 18.1 Å². The zero-order valence-corrected chi connectivity index (χ0v) is 13.5. The monoisotopic (exact) mass is 324 g/mol. The summed E-state index contributed by atoms with van der Waals surface area (Å²) >= 11 is 2.52. The van der Waals surface area contributed by atoms with Crippen LogP contribution >= 0.6 is 23.5 Å². The van der Waals surface area contributed by atoms with E-state index in [0.717, 1.165) is 17.7 Å². The fourth-order valence-electron chi connectivity index (χ4n) is 1.75. The maximum Gasteiger partial charge on any atom is 0.231 e. The summed E-state index contributed by atoms with van der Waals surface area (Å²) in [5.41, 5.74) is 12.8. The number of hydrogen-bond acceptors (Lipinski definition) is 5.